The minimum absolute atomic E-state index is 0.199. The number of ether oxygens (including phenoxy) is 1. The van der Waals surface area contributed by atoms with Crippen LogP contribution in [0.3, 0.4) is 0 Å². The van der Waals surface area contributed by atoms with Gasteiger partial charge in [-0.05, 0) is 67.3 Å². The molecule has 0 aliphatic carbocycles. The molecule has 2 amide bonds. The minimum Gasteiger partial charge on any atom is -0.462 e. The molecule has 4 aromatic rings. The highest BCUT2D eigenvalue weighted by atomic mass is 35.5. The van der Waals surface area contributed by atoms with Gasteiger partial charge in [-0.2, -0.15) is 0 Å². The molecule has 3 aromatic carbocycles. The van der Waals surface area contributed by atoms with Gasteiger partial charge in [-0.25, -0.2) is 4.79 Å². The van der Waals surface area contributed by atoms with E-state index in [9.17, 15) is 14.4 Å². The van der Waals surface area contributed by atoms with Gasteiger partial charge in [-0.15, -0.1) is 23.1 Å². The number of hydrogen-bond acceptors (Lipinski definition) is 7. The first-order chi connectivity index (χ1) is 21.7. The van der Waals surface area contributed by atoms with Gasteiger partial charge in [-0.1, -0.05) is 66.5 Å². The smallest absolute Gasteiger partial charge is 0.341 e. The van der Waals surface area contributed by atoms with E-state index in [0.717, 1.165) is 28.4 Å². The van der Waals surface area contributed by atoms with Crippen molar-refractivity contribution in [2.45, 2.75) is 49.9 Å². The van der Waals surface area contributed by atoms with Gasteiger partial charge in [0.25, 0.3) is 5.91 Å². The van der Waals surface area contributed by atoms with Crippen LogP contribution in [0.15, 0.2) is 77.7 Å². The Morgan fingerprint density at radius 3 is 2.53 bits per heavy atom. The lowest BCUT2D eigenvalue weighted by Gasteiger charge is -2.27. The molecular formula is C34H33Cl2N3O4S2. The van der Waals surface area contributed by atoms with Crippen LogP contribution in [0.25, 0.3) is 0 Å². The van der Waals surface area contributed by atoms with Gasteiger partial charge in [0.15, 0.2) is 0 Å². The summed E-state index contributed by atoms with van der Waals surface area (Å²) in [5.74, 6) is -0.971. The lowest BCUT2D eigenvalue weighted by Crippen LogP contribution is -2.30. The number of esters is 1. The van der Waals surface area contributed by atoms with E-state index in [2.05, 4.69) is 27.7 Å². The maximum absolute atomic E-state index is 13.6. The van der Waals surface area contributed by atoms with E-state index in [-0.39, 0.29) is 23.4 Å². The third-order valence-electron chi connectivity index (χ3n) is 7.31. The number of fused-ring (bicyclic) bond motifs is 1. The molecule has 0 saturated heterocycles. The molecule has 234 valence electrons. The third kappa shape index (κ3) is 8.28. The number of anilines is 2. The summed E-state index contributed by atoms with van der Waals surface area (Å²) < 4.78 is 5.42. The fourth-order valence-electron chi connectivity index (χ4n) is 5.14. The molecule has 11 heteroatoms. The molecule has 5 rings (SSSR count). The number of nitrogens with one attached hydrogen (secondary N) is 2. The Hall–Kier alpha value is -3.34. The number of benzene rings is 3. The standard InChI is InChI=1S/C34H33Cl2N3O4S2/c1-3-28(44-24-12-8-11-23(18-24)37-31(40)25-14-13-22(35)17-27(25)36)32(41)38-33-30(34(42)43-4-2)26-15-16-39(20-29(26)45-33)19-21-9-6-5-7-10-21/h5-14,17-18,28H,3-4,15-16,19-20H2,1-2H3,(H,37,40)(H,38,41). The quantitative estimate of drug-likeness (QED) is 0.122. The molecule has 2 heterocycles. The van der Waals surface area contributed by atoms with Crippen LogP contribution >= 0.6 is 46.3 Å². The monoisotopic (exact) mass is 681 g/mol. The SMILES string of the molecule is CCOC(=O)c1c(NC(=O)C(CC)Sc2cccc(NC(=O)c3ccc(Cl)cc3Cl)c2)sc2c1CCN(Cc1ccccc1)C2. The number of thioether (sulfide) groups is 1. The number of nitrogens with zero attached hydrogens (tertiary/aromatic N) is 1. The number of carbonyl (C=O) groups is 3. The molecule has 7 nitrogen and oxygen atoms in total. The van der Waals surface area contributed by atoms with E-state index in [1.54, 1.807) is 25.1 Å². The zero-order chi connectivity index (χ0) is 31.9. The summed E-state index contributed by atoms with van der Waals surface area (Å²) in [5.41, 5.74) is 3.54. The van der Waals surface area contributed by atoms with Crippen molar-refractivity contribution in [2.24, 2.45) is 0 Å². The number of rotatable bonds is 11. The summed E-state index contributed by atoms with van der Waals surface area (Å²) in [7, 11) is 0. The fraction of sp³-hybridized carbons (Fsp3) is 0.265. The van der Waals surface area contributed by atoms with Crippen LogP contribution in [0.5, 0.6) is 0 Å². The average Bonchev–Trinajstić information content (AvgIpc) is 3.37. The fourth-order valence-corrected chi connectivity index (χ4v) is 7.93. The van der Waals surface area contributed by atoms with Crippen LogP contribution in [0.2, 0.25) is 10.0 Å². The van der Waals surface area contributed by atoms with Gasteiger partial charge in [0.2, 0.25) is 5.91 Å². The maximum atomic E-state index is 13.6. The van der Waals surface area contributed by atoms with Gasteiger partial charge >= 0.3 is 5.97 Å². The van der Waals surface area contributed by atoms with E-state index in [4.69, 9.17) is 27.9 Å². The predicted octanol–water partition coefficient (Wildman–Crippen LogP) is 8.55. The number of carbonyl (C=O) groups excluding carboxylic acids is 3. The molecule has 1 atom stereocenters. The number of amides is 2. The summed E-state index contributed by atoms with van der Waals surface area (Å²) in [6.45, 7) is 6.29. The van der Waals surface area contributed by atoms with Crippen LogP contribution in [-0.4, -0.2) is 41.1 Å². The molecule has 1 aromatic heterocycles. The van der Waals surface area contributed by atoms with E-state index >= 15 is 0 Å². The minimum atomic E-state index is -0.439. The van der Waals surface area contributed by atoms with Gasteiger partial charge in [0.1, 0.15) is 5.00 Å². The topological polar surface area (TPSA) is 87.7 Å². The molecule has 1 unspecified atom stereocenters. The van der Waals surface area contributed by atoms with Crippen LogP contribution in [0.1, 0.15) is 57.0 Å². The largest absolute Gasteiger partial charge is 0.462 e. The van der Waals surface area contributed by atoms with Gasteiger partial charge in [-0.3, -0.25) is 14.5 Å². The van der Waals surface area contributed by atoms with E-state index in [1.165, 1.54) is 34.7 Å². The van der Waals surface area contributed by atoms with Gasteiger partial charge in [0, 0.05) is 40.1 Å². The van der Waals surface area contributed by atoms with Crippen LogP contribution in [-0.2, 0) is 29.0 Å². The third-order valence-corrected chi connectivity index (χ3v) is 10.3. The predicted molar refractivity (Wildman–Crippen MR) is 184 cm³/mol. The van der Waals surface area contributed by atoms with Crippen molar-refractivity contribution in [3.05, 3.63) is 110 Å². The van der Waals surface area contributed by atoms with E-state index in [1.807, 2.05) is 43.3 Å². The van der Waals surface area contributed by atoms with Crippen LogP contribution < -0.4 is 10.6 Å². The highest BCUT2D eigenvalue weighted by Crippen LogP contribution is 2.39. The first-order valence-corrected chi connectivity index (χ1v) is 17.1. The zero-order valence-corrected chi connectivity index (χ0v) is 28.0. The highest BCUT2D eigenvalue weighted by Gasteiger charge is 2.31. The molecule has 1 aliphatic rings. The summed E-state index contributed by atoms with van der Waals surface area (Å²) in [5, 5.41) is 6.73. The van der Waals surface area contributed by atoms with Crippen molar-refractivity contribution in [1.82, 2.24) is 4.90 Å². The lowest BCUT2D eigenvalue weighted by atomic mass is 10.0. The number of thiophene rings is 1. The van der Waals surface area contributed by atoms with Crippen molar-refractivity contribution in [2.75, 3.05) is 23.8 Å². The van der Waals surface area contributed by atoms with Crippen molar-refractivity contribution < 1.29 is 19.1 Å². The number of hydrogen-bond donors (Lipinski definition) is 2. The molecule has 0 bridgehead atoms. The first-order valence-electron chi connectivity index (χ1n) is 14.7. The summed E-state index contributed by atoms with van der Waals surface area (Å²) in [6, 6.07) is 22.3. The second-order valence-electron chi connectivity index (χ2n) is 10.5. The molecule has 1 aliphatic heterocycles. The Morgan fingerprint density at radius 1 is 1.00 bits per heavy atom. The summed E-state index contributed by atoms with van der Waals surface area (Å²) in [4.78, 5) is 43.8. The van der Waals surface area contributed by atoms with Gasteiger partial charge in [0.05, 0.1) is 28.0 Å². The van der Waals surface area contributed by atoms with Crippen molar-refractivity contribution in [3.63, 3.8) is 0 Å². The molecule has 45 heavy (non-hydrogen) atoms. The second kappa shape index (κ2) is 15.3. The van der Waals surface area contributed by atoms with E-state index in [0.29, 0.717) is 46.2 Å². The number of halogens is 2. The Balaban J connectivity index is 1.29. The molecule has 0 fully saturated rings. The molecule has 0 radical (unpaired) electrons. The normalized spacial score (nSPS) is 13.5. The molecule has 0 spiro atoms. The molecule has 0 saturated carbocycles. The highest BCUT2D eigenvalue weighted by molar-refractivity contribution is 8.00. The Morgan fingerprint density at radius 2 is 1.80 bits per heavy atom. The maximum Gasteiger partial charge on any atom is 0.341 e. The lowest BCUT2D eigenvalue weighted by molar-refractivity contribution is -0.115. The molecule has 2 N–H and O–H groups in total. The first kappa shape index (κ1) is 33.0. The molecular weight excluding hydrogens is 649 g/mol. The Bertz CT molecular complexity index is 1700. The average molecular weight is 683 g/mol. The van der Waals surface area contributed by atoms with Crippen LogP contribution in [0.4, 0.5) is 10.7 Å². The van der Waals surface area contributed by atoms with Crippen molar-refractivity contribution >= 4 is 74.8 Å². The van der Waals surface area contributed by atoms with Gasteiger partial charge < -0.3 is 15.4 Å². The van der Waals surface area contributed by atoms with Crippen molar-refractivity contribution in [1.29, 1.82) is 0 Å². The Labute approximate surface area is 281 Å². The summed E-state index contributed by atoms with van der Waals surface area (Å²) in [6.07, 6.45) is 1.26. The van der Waals surface area contributed by atoms with Crippen molar-refractivity contribution in [3.8, 4) is 0 Å². The van der Waals surface area contributed by atoms with E-state index < -0.39 is 11.2 Å². The summed E-state index contributed by atoms with van der Waals surface area (Å²) >= 11 is 15.0. The van der Waals surface area contributed by atoms with Crippen LogP contribution in [0, 0.1) is 0 Å². The Kier molecular flexibility index (Phi) is 11.2. The second-order valence-corrected chi connectivity index (χ2v) is 13.7. The zero-order valence-electron chi connectivity index (χ0n) is 24.9.